The van der Waals surface area contributed by atoms with E-state index in [4.69, 9.17) is 31.4 Å². The Morgan fingerprint density at radius 3 is 2.04 bits per heavy atom. The largest absolute Gasteiger partial charge is 0.466 e. The maximum absolute atomic E-state index is 13.4. The van der Waals surface area contributed by atoms with Gasteiger partial charge in [-0.05, 0) is 111 Å². The summed E-state index contributed by atoms with van der Waals surface area (Å²) < 4.78 is 18.1. The van der Waals surface area contributed by atoms with Gasteiger partial charge in [0.1, 0.15) is 18.0 Å². The minimum Gasteiger partial charge on any atom is -0.466 e. The van der Waals surface area contributed by atoms with Crippen molar-refractivity contribution < 1.29 is 33.4 Å². The summed E-state index contributed by atoms with van der Waals surface area (Å²) in [5, 5.41) is 0. The quantitative estimate of drug-likeness (QED) is 0.0541. The zero-order chi connectivity index (χ0) is 39.3. The fourth-order valence-electron chi connectivity index (χ4n) is 12.1. The highest BCUT2D eigenvalue weighted by Gasteiger charge is 2.67. The van der Waals surface area contributed by atoms with E-state index in [0.29, 0.717) is 38.3 Å². The maximum atomic E-state index is 13.4. The second kappa shape index (κ2) is 21.5. The van der Waals surface area contributed by atoms with Crippen LogP contribution in [0, 0.1) is 52.3 Å². The van der Waals surface area contributed by atoms with Crippen molar-refractivity contribution in [2.75, 3.05) is 26.2 Å². The molecule has 54 heavy (non-hydrogen) atoms. The molecule has 0 amide bonds. The van der Waals surface area contributed by atoms with E-state index in [0.717, 1.165) is 64.2 Å². The van der Waals surface area contributed by atoms with Crippen LogP contribution in [-0.2, 0) is 33.4 Å². The van der Waals surface area contributed by atoms with Crippen LogP contribution in [0.3, 0.4) is 0 Å². The number of unbranched alkanes of at least 4 members (excludes halogenated alkanes) is 7. The van der Waals surface area contributed by atoms with Crippen molar-refractivity contribution in [3.05, 3.63) is 0 Å². The van der Waals surface area contributed by atoms with E-state index < -0.39 is 0 Å². The molecule has 4 rings (SSSR count). The lowest BCUT2D eigenvalue weighted by molar-refractivity contribution is -0.210. The smallest absolute Gasteiger partial charge is 0.307 e. The fraction of sp³-hybridized carbons (Fsp3) is 0.909. The van der Waals surface area contributed by atoms with Gasteiger partial charge >= 0.3 is 17.9 Å². The molecule has 0 heterocycles. The first-order valence-corrected chi connectivity index (χ1v) is 22.1. The van der Waals surface area contributed by atoms with Crippen LogP contribution in [0.15, 0.2) is 0 Å². The third-order valence-electron chi connectivity index (χ3n) is 14.9. The van der Waals surface area contributed by atoms with Gasteiger partial charge in [-0.3, -0.25) is 19.2 Å². The second-order valence-electron chi connectivity index (χ2n) is 18.2. The highest BCUT2D eigenvalue weighted by molar-refractivity contribution is 5.79. The van der Waals surface area contributed by atoms with Crippen LogP contribution in [0.1, 0.15) is 163 Å². The standard InChI is InChI=1S/C44H77N3O7/c1-5-6-7-8-9-10-11-12-25-52-39(49)16-13-30(2)35-14-15-36-42-31(27-33(48)18-22-45)26-32-28-34(53-40(50)19-23-46)17-21-43(32,3)37(42)29-38(44(35,36)4)54-41(51)20-24-47/h30-32,34-38,42H,5-29,45-47H2,1-4H3/t30-,31+,32-,34-,35-,36+,37+,38+,42+,43+,44-/m1/s1. The van der Waals surface area contributed by atoms with Gasteiger partial charge in [-0.25, -0.2) is 0 Å². The fourth-order valence-corrected chi connectivity index (χ4v) is 12.1. The summed E-state index contributed by atoms with van der Waals surface area (Å²) in [4.78, 5) is 52.0. The van der Waals surface area contributed by atoms with Crippen LogP contribution in [0.2, 0.25) is 0 Å². The van der Waals surface area contributed by atoms with Crippen molar-refractivity contribution in [1.29, 1.82) is 0 Å². The molecule has 0 spiro atoms. The molecule has 0 bridgehead atoms. The van der Waals surface area contributed by atoms with E-state index in [1.807, 2.05) is 0 Å². The summed E-state index contributed by atoms with van der Waals surface area (Å²) in [6.45, 7) is 10.6. The average Bonchev–Trinajstić information content (AvgIpc) is 3.49. The van der Waals surface area contributed by atoms with E-state index in [1.54, 1.807) is 0 Å². The number of nitrogens with two attached hydrogens (primary N) is 3. The predicted molar refractivity (Wildman–Crippen MR) is 212 cm³/mol. The Balaban J connectivity index is 1.50. The highest BCUT2D eigenvalue weighted by atomic mass is 16.5. The zero-order valence-electron chi connectivity index (χ0n) is 34.5. The Kier molecular flexibility index (Phi) is 17.8. The minimum absolute atomic E-state index is 0.0305. The van der Waals surface area contributed by atoms with Gasteiger partial charge in [0, 0.05) is 37.8 Å². The summed E-state index contributed by atoms with van der Waals surface area (Å²) >= 11 is 0. The first-order chi connectivity index (χ1) is 25.9. The van der Waals surface area contributed by atoms with E-state index >= 15 is 0 Å². The van der Waals surface area contributed by atoms with E-state index in [2.05, 4.69) is 27.7 Å². The highest BCUT2D eigenvalue weighted by Crippen LogP contribution is 2.70. The molecule has 0 aromatic carbocycles. The van der Waals surface area contributed by atoms with Crippen molar-refractivity contribution in [1.82, 2.24) is 0 Å². The molecule has 4 saturated carbocycles. The molecule has 0 aliphatic heterocycles. The molecule has 0 aromatic heterocycles. The Bertz CT molecular complexity index is 1210. The summed E-state index contributed by atoms with van der Waals surface area (Å²) in [6.07, 6.45) is 17.9. The van der Waals surface area contributed by atoms with Gasteiger partial charge in [-0.2, -0.15) is 0 Å². The Hall–Kier alpha value is -2.04. The number of hydrogen-bond donors (Lipinski definition) is 3. The summed E-state index contributed by atoms with van der Waals surface area (Å²) in [7, 11) is 0. The first kappa shape index (κ1) is 44.7. The average molecular weight is 760 g/mol. The molecular weight excluding hydrogens is 682 g/mol. The van der Waals surface area contributed by atoms with Gasteiger partial charge in [0.15, 0.2) is 0 Å². The summed E-state index contributed by atoms with van der Waals surface area (Å²) in [5.74, 6) is 1.47. The molecule has 10 heteroatoms. The van der Waals surface area contributed by atoms with Crippen LogP contribution in [0.25, 0.3) is 0 Å². The number of hydrogen-bond acceptors (Lipinski definition) is 10. The van der Waals surface area contributed by atoms with E-state index in [-0.39, 0.29) is 108 Å². The lowest BCUT2D eigenvalue weighted by atomic mass is 9.41. The van der Waals surface area contributed by atoms with Crippen molar-refractivity contribution in [3.63, 3.8) is 0 Å². The van der Waals surface area contributed by atoms with Crippen LogP contribution < -0.4 is 17.2 Å². The number of ether oxygens (including phenoxy) is 3. The molecule has 10 nitrogen and oxygen atoms in total. The van der Waals surface area contributed by atoms with Crippen molar-refractivity contribution >= 4 is 23.7 Å². The van der Waals surface area contributed by atoms with Gasteiger partial charge in [0.2, 0.25) is 0 Å². The topological polar surface area (TPSA) is 174 Å². The van der Waals surface area contributed by atoms with Crippen molar-refractivity contribution in [2.24, 2.45) is 69.5 Å². The zero-order valence-corrected chi connectivity index (χ0v) is 34.5. The SMILES string of the molecule is CCCCCCCCCCOC(=O)CC[C@@H](C)[C@H]1CC[C@H]2[C@@H]3[C@H](CC(=O)CCN)C[C@@H]4C[C@H](OC(=O)CCN)CC[C@]4(C)[C@H]3C[C@H](OC(=O)CCN)[C@]12C. The Labute approximate surface area is 326 Å². The molecule has 0 radical (unpaired) electrons. The summed E-state index contributed by atoms with van der Waals surface area (Å²) in [6, 6.07) is 0. The van der Waals surface area contributed by atoms with Gasteiger partial charge in [-0.15, -0.1) is 0 Å². The van der Waals surface area contributed by atoms with Gasteiger partial charge in [-0.1, -0.05) is 72.6 Å². The molecule has 0 saturated heterocycles. The van der Waals surface area contributed by atoms with Crippen molar-refractivity contribution in [2.45, 2.75) is 175 Å². The van der Waals surface area contributed by atoms with E-state index in [9.17, 15) is 19.2 Å². The molecule has 0 aromatic rings. The normalized spacial score (nSPS) is 33.5. The molecule has 11 atom stereocenters. The van der Waals surface area contributed by atoms with Crippen LogP contribution in [-0.4, -0.2) is 62.1 Å². The lowest BCUT2D eigenvalue weighted by Crippen LogP contribution is -2.62. The number of Topliss-reactive ketones (excluding diaryl/α,β-unsaturated/α-hetero) is 1. The third kappa shape index (κ3) is 11.1. The van der Waals surface area contributed by atoms with Crippen LogP contribution in [0.4, 0.5) is 0 Å². The Morgan fingerprint density at radius 1 is 0.722 bits per heavy atom. The summed E-state index contributed by atoms with van der Waals surface area (Å²) in [5.41, 5.74) is 17.0. The molecular formula is C44H77N3O7. The number of esters is 3. The third-order valence-corrected chi connectivity index (χ3v) is 14.9. The first-order valence-electron chi connectivity index (χ1n) is 22.1. The molecule has 6 N–H and O–H groups in total. The lowest BCUT2D eigenvalue weighted by Gasteiger charge is -2.65. The number of carbonyl (C=O) groups excluding carboxylic acids is 4. The van der Waals surface area contributed by atoms with Crippen LogP contribution in [0.5, 0.6) is 0 Å². The number of carbonyl (C=O) groups is 4. The number of fused-ring (bicyclic) bond motifs is 5. The van der Waals surface area contributed by atoms with Crippen LogP contribution >= 0.6 is 0 Å². The number of ketones is 1. The van der Waals surface area contributed by atoms with E-state index in [1.165, 1.54) is 38.5 Å². The maximum Gasteiger partial charge on any atom is 0.307 e. The monoisotopic (exact) mass is 760 g/mol. The van der Waals surface area contributed by atoms with Crippen molar-refractivity contribution in [3.8, 4) is 0 Å². The van der Waals surface area contributed by atoms with Gasteiger partial charge in [0.05, 0.1) is 19.4 Å². The molecule has 4 aliphatic rings. The second-order valence-corrected chi connectivity index (χ2v) is 18.2. The Morgan fingerprint density at radius 2 is 1.37 bits per heavy atom. The minimum atomic E-state index is -0.292. The molecule has 310 valence electrons. The molecule has 0 unspecified atom stereocenters. The number of rotatable bonds is 23. The molecule has 4 fully saturated rings. The van der Waals surface area contributed by atoms with Gasteiger partial charge < -0.3 is 31.4 Å². The van der Waals surface area contributed by atoms with Gasteiger partial charge in [0.25, 0.3) is 0 Å². The molecule has 4 aliphatic carbocycles. The predicted octanol–water partition coefficient (Wildman–Crippen LogP) is 7.41.